The van der Waals surface area contributed by atoms with Gasteiger partial charge in [0.2, 0.25) is 0 Å². The van der Waals surface area contributed by atoms with Crippen LogP contribution in [0.15, 0.2) is 24.3 Å². The Balaban J connectivity index is 0. The average molecular weight is 223 g/mol. The maximum atomic E-state index is 5.77. The molecule has 1 rings (SSSR count). The fraction of sp³-hybridized carbons (Fsp3) is 0.333. The molecule has 0 saturated carbocycles. The minimum Gasteiger partial charge on any atom is -0.329 e. The van der Waals surface area contributed by atoms with E-state index in [1.54, 1.807) is 0 Å². The van der Waals surface area contributed by atoms with Gasteiger partial charge in [-0.05, 0) is 18.1 Å². The zero-order valence-corrected chi connectivity index (χ0v) is 9.20. The second-order valence-corrected chi connectivity index (χ2v) is 2.70. The molecule has 0 heterocycles. The Morgan fingerprint density at radius 1 is 1.23 bits per heavy atom. The number of aryl methyl sites for hydroxylation is 1. The van der Waals surface area contributed by atoms with E-state index in [2.05, 4.69) is 0 Å². The molecule has 0 aliphatic heterocycles. The van der Waals surface area contributed by atoms with Gasteiger partial charge >= 0.3 is 0 Å². The largest absolute Gasteiger partial charge is 0.329 e. The molecule has 4 heteroatoms. The van der Waals surface area contributed by atoms with Gasteiger partial charge < -0.3 is 11.5 Å². The Morgan fingerprint density at radius 2 is 1.77 bits per heavy atom. The van der Waals surface area contributed by atoms with Crippen LogP contribution in [0.1, 0.15) is 17.2 Å². The molecule has 0 spiro atoms. The molecular weight excluding hydrogens is 207 g/mol. The minimum atomic E-state index is -0.0174. The highest BCUT2D eigenvalue weighted by Gasteiger charge is 2.04. The zero-order chi connectivity index (χ0) is 8.27. The van der Waals surface area contributed by atoms with E-state index in [1.807, 2.05) is 31.2 Å². The maximum absolute atomic E-state index is 5.77. The average Bonchev–Trinajstić information content (AvgIpc) is 2.04. The third-order valence-electron chi connectivity index (χ3n) is 1.84. The summed E-state index contributed by atoms with van der Waals surface area (Å²) in [5, 5.41) is 0. The molecule has 0 aliphatic carbocycles. The van der Waals surface area contributed by atoms with E-state index < -0.39 is 0 Å². The molecule has 76 valence electrons. The molecule has 0 unspecified atom stereocenters. The van der Waals surface area contributed by atoms with E-state index in [0.717, 1.165) is 5.56 Å². The van der Waals surface area contributed by atoms with Crippen molar-refractivity contribution >= 4 is 24.8 Å². The lowest BCUT2D eigenvalue weighted by Crippen LogP contribution is -2.21. The smallest absolute Gasteiger partial charge is 0.0422 e. The zero-order valence-electron chi connectivity index (χ0n) is 7.57. The predicted octanol–water partition coefficient (Wildman–Crippen LogP) is 1.80. The van der Waals surface area contributed by atoms with Gasteiger partial charge in [0.1, 0.15) is 0 Å². The summed E-state index contributed by atoms with van der Waals surface area (Å²) in [6, 6.07) is 8.04. The van der Waals surface area contributed by atoms with Gasteiger partial charge in [0.15, 0.2) is 0 Å². The summed E-state index contributed by atoms with van der Waals surface area (Å²) in [5.74, 6) is 0. The van der Waals surface area contributed by atoms with Gasteiger partial charge in [-0.3, -0.25) is 0 Å². The predicted molar refractivity (Wildman–Crippen MR) is 61.7 cm³/mol. The highest BCUT2D eigenvalue weighted by molar-refractivity contribution is 5.85. The second kappa shape index (κ2) is 7.15. The Bertz CT molecular complexity index is 241. The van der Waals surface area contributed by atoms with E-state index in [4.69, 9.17) is 11.5 Å². The summed E-state index contributed by atoms with van der Waals surface area (Å²) in [6.45, 7) is 2.55. The van der Waals surface area contributed by atoms with Crippen LogP contribution in [0.4, 0.5) is 0 Å². The normalized spacial score (nSPS) is 11.0. The van der Waals surface area contributed by atoms with Crippen molar-refractivity contribution in [1.82, 2.24) is 0 Å². The summed E-state index contributed by atoms with van der Waals surface area (Å²) >= 11 is 0. The molecule has 0 bridgehead atoms. The van der Waals surface area contributed by atoms with Crippen LogP contribution in [0, 0.1) is 6.92 Å². The van der Waals surface area contributed by atoms with Gasteiger partial charge in [0.05, 0.1) is 0 Å². The molecule has 2 nitrogen and oxygen atoms in total. The fourth-order valence-corrected chi connectivity index (χ4v) is 1.13. The SMILES string of the molecule is Cc1ccccc1[C@H](N)CN.Cl.Cl. The molecule has 1 aromatic rings. The van der Waals surface area contributed by atoms with E-state index in [1.165, 1.54) is 5.56 Å². The van der Waals surface area contributed by atoms with Crippen molar-refractivity contribution in [3.8, 4) is 0 Å². The first-order valence-electron chi connectivity index (χ1n) is 3.77. The first-order chi connectivity index (χ1) is 5.25. The topological polar surface area (TPSA) is 52.0 Å². The van der Waals surface area contributed by atoms with Crippen molar-refractivity contribution in [3.63, 3.8) is 0 Å². The van der Waals surface area contributed by atoms with Gasteiger partial charge in [-0.1, -0.05) is 24.3 Å². The van der Waals surface area contributed by atoms with E-state index in [-0.39, 0.29) is 30.9 Å². The molecule has 13 heavy (non-hydrogen) atoms. The van der Waals surface area contributed by atoms with Crippen molar-refractivity contribution in [2.75, 3.05) is 6.54 Å². The molecule has 0 saturated heterocycles. The highest BCUT2D eigenvalue weighted by atomic mass is 35.5. The number of hydrogen-bond acceptors (Lipinski definition) is 2. The minimum absolute atomic E-state index is 0. The molecule has 0 amide bonds. The number of benzene rings is 1. The maximum Gasteiger partial charge on any atom is 0.0422 e. The Hall–Kier alpha value is -0.280. The number of hydrogen-bond donors (Lipinski definition) is 2. The fourth-order valence-electron chi connectivity index (χ4n) is 1.13. The van der Waals surface area contributed by atoms with Crippen LogP contribution in [-0.4, -0.2) is 6.54 Å². The summed E-state index contributed by atoms with van der Waals surface area (Å²) in [7, 11) is 0. The lowest BCUT2D eigenvalue weighted by molar-refractivity contribution is 0.732. The van der Waals surface area contributed by atoms with Crippen LogP contribution in [-0.2, 0) is 0 Å². The summed E-state index contributed by atoms with van der Waals surface area (Å²) < 4.78 is 0. The molecule has 1 aromatic carbocycles. The molecule has 0 aromatic heterocycles. The third kappa shape index (κ3) is 3.96. The molecule has 0 radical (unpaired) electrons. The second-order valence-electron chi connectivity index (χ2n) is 2.70. The van der Waals surface area contributed by atoms with Crippen LogP contribution in [0.2, 0.25) is 0 Å². The number of rotatable bonds is 2. The van der Waals surface area contributed by atoms with Gasteiger partial charge in [-0.25, -0.2) is 0 Å². The van der Waals surface area contributed by atoms with Crippen molar-refractivity contribution in [1.29, 1.82) is 0 Å². The van der Waals surface area contributed by atoms with E-state index in [0.29, 0.717) is 6.54 Å². The number of nitrogens with two attached hydrogens (primary N) is 2. The van der Waals surface area contributed by atoms with Crippen molar-refractivity contribution in [2.24, 2.45) is 11.5 Å². The van der Waals surface area contributed by atoms with Crippen molar-refractivity contribution in [2.45, 2.75) is 13.0 Å². The Kier molecular flexibility index (Phi) is 8.37. The monoisotopic (exact) mass is 222 g/mol. The standard InChI is InChI=1S/C9H14N2.2ClH/c1-7-4-2-3-5-8(7)9(11)6-10;;/h2-5,9H,6,10-11H2,1H3;2*1H/t9-;;/m1../s1. The third-order valence-corrected chi connectivity index (χ3v) is 1.84. The van der Waals surface area contributed by atoms with Gasteiger partial charge in [0, 0.05) is 12.6 Å². The number of halogens is 2. The first-order valence-corrected chi connectivity index (χ1v) is 3.77. The highest BCUT2D eigenvalue weighted by Crippen LogP contribution is 2.13. The molecule has 0 aliphatic rings. The van der Waals surface area contributed by atoms with Crippen LogP contribution >= 0.6 is 24.8 Å². The molecule has 1 atom stereocenters. The van der Waals surface area contributed by atoms with E-state index >= 15 is 0 Å². The lowest BCUT2D eigenvalue weighted by Gasteiger charge is -2.11. The quantitative estimate of drug-likeness (QED) is 0.803. The molecule has 4 N–H and O–H groups in total. The van der Waals surface area contributed by atoms with Gasteiger partial charge in [-0.2, -0.15) is 0 Å². The van der Waals surface area contributed by atoms with Crippen LogP contribution in [0.25, 0.3) is 0 Å². The van der Waals surface area contributed by atoms with Crippen LogP contribution in [0.3, 0.4) is 0 Å². The Morgan fingerprint density at radius 3 is 2.23 bits per heavy atom. The first kappa shape index (κ1) is 15.2. The van der Waals surface area contributed by atoms with Gasteiger partial charge in [-0.15, -0.1) is 24.8 Å². The van der Waals surface area contributed by atoms with E-state index in [9.17, 15) is 0 Å². The van der Waals surface area contributed by atoms with Crippen molar-refractivity contribution < 1.29 is 0 Å². The summed E-state index contributed by atoms with van der Waals surface area (Å²) in [5.41, 5.74) is 13.6. The van der Waals surface area contributed by atoms with Gasteiger partial charge in [0.25, 0.3) is 0 Å². The van der Waals surface area contributed by atoms with Crippen LogP contribution in [0.5, 0.6) is 0 Å². The Labute approximate surface area is 91.5 Å². The summed E-state index contributed by atoms with van der Waals surface area (Å²) in [6.07, 6.45) is 0. The summed E-state index contributed by atoms with van der Waals surface area (Å²) in [4.78, 5) is 0. The van der Waals surface area contributed by atoms with Crippen LogP contribution < -0.4 is 11.5 Å². The lowest BCUT2D eigenvalue weighted by atomic mass is 10.0. The van der Waals surface area contributed by atoms with Crippen molar-refractivity contribution in [3.05, 3.63) is 35.4 Å². The molecule has 0 fully saturated rings. The molecular formula is C9H16Cl2N2.